The molecule has 1 fully saturated rings. The molecule has 0 radical (unpaired) electrons. The van der Waals surface area contributed by atoms with E-state index < -0.39 is 11.5 Å². The normalized spacial score (nSPS) is 29.4. The van der Waals surface area contributed by atoms with Crippen LogP contribution < -0.4 is 5.32 Å². The zero-order chi connectivity index (χ0) is 13.6. The molecule has 3 atom stereocenters. The topological polar surface area (TPSA) is 49.3 Å². The maximum absolute atomic E-state index is 11.5. The van der Waals surface area contributed by atoms with E-state index in [2.05, 4.69) is 19.2 Å². The Hall–Kier alpha value is -0.220. The van der Waals surface area contributed by atoms with Crippen molar-refractivity contribution in [3.05, 3.63) is 0 Å². The third-order valence-corrected chi connectivity index (χ3v) is 5.69. The van der Waals surface area contributed by atoms with E-state index in [1.54, 1.807) is 7.05 Å². The number of hydrogen-bond donors (Lipinski definition) is 2. The summed E-state index contributed by atoms with van der Waals surface area (Å²) in [5.41, 5.74) is -0.656. The summed E-state index contributed by atoms with van der Waals surface area (Å²) in [6, 6.07) is 0. The second-order valence-corrected chi connectivity index (χ2v) is 6.64. The third kappa shape index (κ3) is 3.64. The number of carboxylic acid groups (broad SMARTS) is 1. The van der Waals surface area contributed by atoms with Gasteiger partial charge in [-0.2, -0.15) is 11.8 Å². The number of aliphatic carboxylic acids is 1. The van der Waals surface area contributed by atoms with E-state index in [1.807, 2.05) is 11.8 Å². The molecule has 1 aliphatic rings. The summed E-state index contributed by atoms with van der Waals surface area (Å²) in [7, 11) is 1.79. The van der Waals surface area contributed by atoms with E-state index in [0.717, 1.165) is 37.4 Å². The average Bonchev–Trinajstić information content (AvgIpc) is 2.78. The van der Waals surface area contributed by atoms with Gasteiger partial charge in [0.1, 0.15) is 5.54 Å². The molecule has 0 aromatic rings. The van der Waals surface area contributed by atoms with Crippen molar-refractivity contribution < 1.29 is 9.90 Å². The van der Waals surface area contributed by atoms with Gasteiger partial charge in [0.05, 0.1) is 0 Å². The molecule has 0 bridgehead atoms. The molecule has 2 N–H and O–H groups in total. The van der Waals surface area contributed by atoms with Crippen LogP contribution in [0.3, 0.4) is 0 Å². The highest BCUT2D eigenvalue weighted by Crippen LogP contribution is 2.38. The van der Waals surface area contributed by atoms with Crippen LogP contribution in [0.15, 0.2) is 0 Å². The Kier molecular flexibility index (Phi) is 6.50. The lowest BCUT2D eigenvalue weighted by Crippen LogP contribution is -2.53. The fourth-order valence-electron chi connectivity index (χ4n) is 2.81. The minimum absolute atomic E-state index is 0.296. The van der Waals surface area contributed by atoms with Gasteiger partial charge in [-0.25, -0.2) is 0 Å². The van der Waals surface area contributed by atoms with Crippen molar-refractivity contribution in [1.82, 2.24) is 5.32 Å². The Morgan fingerprint density at radius 1 is 1.61 bits per heavy atom. The molecule has 1 aliphatic carbocycles. The quantitative estimate of drug-likeness (QED) is 0.668. The number of carboxylic acids is 1. The molecule has 0 amide bonds. The lowest BCUT2D eigenvalue weighted by Gasteiger charge is -2.31. The van der Waals surface area contributed by atoms with E-state index in [4.69, 9.17) is 0 Å². The number of carbonyl (C=O) groups is 1. The molecule has 1 saturated carbocycles. The van der Waals surface area contributed by atoms with E-state index in [1.165, 1.54) is 12.2 Å². The van der Waals surface area contributed by atoms with Crippen molar-refractivity contribution in [2.75, 3.05) is 18.6 Å². The van der Waals surface area contributed by atoms with Crippen molar-refractivity contribution in [1.29, 1.82) is 0 Å². The minimum atomic E-state index is -0.667. The molecule has 3 unspecified atom stereocenters. The number of rotatable bonds is 8. The largest absolute Gasteiger partial charge is 0.480 e. The number of hydrogen-bond acceptors (Lipinski definition) is 3. The lowest BCUT2D eigenvalue weighted by molar-refractivity contribution is -0.146. The van der Waals surface area contributed by atoms with Crippen LogP contribution in [-0.4, -0.2) is 35.2 Å². The van der Waals surface area contributed by atoms with Gasteiger partial charge >= 0.3 is 5.97 Å². The first kappa shape index (κ1) is 15.8. The first-order valence-electron chi connectivity index (χ1n) is 7.06. The number of thioether (sulfide) groups is 1. The monoisotopic (exact) mass is 273 g/mol. The second kappa shape index (κ2) is 7.39. The summed E-state index contributed by atoms with van der Waals surface area (Å²) in [6.45, 7) is 4.50. The zero-order valence-electron chi connectivity index (χ0n) is 11.9. The van der Waals surface area contributed by atoms with Crippen molar-refractivity contribution in [2.45, 2.75) is 51.5 Å². The van der Waals surface area contributed by atoms with Gasteiger partial charge in [-0.3, -0.25) is 4.79 Å². The number of nitrogens with one attached hydrogen (secondary N) is 1. The fourth-order valence-corrected chi connectivity index (χ4v) is 4.07. The second-order valence-electron chi connectivity index (χ2n) is 5.49. The molecule has 0 aromatic carbocycles. The predicted octanol–water partition coefficient (Wildman–Crippen LogP) is 3.00. The van der Waals surface area contributed by atoms with Crippen LogP contribution in [-0.2, 0) is 4.79 Å². The zero-order valence-corrected chi connectivity index (χ0v) is 12.7. The van der Waals surface area contributed by atoms with Gasteiger partial charge in [-0.05, 0) is 49.7 Å². The van der Waals surface area contributed by atoms with Crippen molar-refractivity contribution in [3.8, 4) is 0 Å². The molecule has 0 aliphatic heterocycles. The Morgan fingerprint density at radius 2 is 2.33 bits per heavy atom. The minimum Gasteiger partial charge on any atom is -0.480 e. The van der Waals surface area contributed by atoms with Crippen LogP contribution in [0.5, 0.6) is 0 Å². The summed E-state index contributed by atoms with van der Waals surface area (Å²) in [6.07, 6.45) is 5.12. The SMILES string of the molecule is CCC(C)CSCCC1CCCC1(NC)C(=O)O. The van der Waals surface area contributed by atoms with Crippen molar-refractivity contribution in [2.24, 2.45) is 11.8 Å². The van der Waals surface area contributed by atoms with Gasteiger partial charge in [0.15, 0.2) is 0 Å². The van der Waals surface area contributed by atoms with E-state index in [9.17, 15) is 9.90 Å². The van der Waals surface area contributed by atoms with Gasteiger partial charge in [0.2, 0.25) is 0 Å². The fraction of sp³-hybridized carbons (Fsp3) is 0.929. The molecule has 0 saturated heterocycles. The molecule has 18 heavy (non-hydrogen) atoms. The lowest BCUT2D eigenvalue weighted by atomic mass is 9.85. The van der Waals surface area contributed by atoms with E-state index in [0.29, 0.717) is 5.92 Å². The van der Waals surface area contributed by atoms with Gasteiger partial charge in [-0.1, -0.05) is 26.7 Å². The van der Waals surface area contributed by atoms with Gasteiger partial charge < -0.3 is 10.4 Å². The molecule has 0 aromatic heterocycles. The summed E-state index contributed by atoms with van der Waals surface area (Å²) in [5.74, 6) is 2.69. The first-order valence-corrected chi connectivity index (χ1v) is 8.22. The van der Waals surface area contributed by atoms with Crippen LogP contribution in [0.1, 0.15) is 46.0 Å². The highest BCUT2D eigenvalue weighted by Gasteiger charge is 2.47. The number of likely N-dealkylation sites (N-methyl/N-ethyl adjacent to an activating group) is 1. The van der Waals surface area contributed by atoms with Crippen LogP contribution in [0.4, 0.5) is 0 Å². The smallest absolute Gasteiger partial charge is 0.324 e. The Morgan fingerprint density at radius 3 is 2.89 bits per heavy atom. The third-order valence-electron chi connectivity index (χ3n) is 4.36. The summed E-state index contributed by atoms with van der Waals surface area (Å²) in [5, 5.41) is 12.5. The van der Waals surface area contributed by atoms with Crippen molar-refractivity contribution >= 4 is 17.7 Å². The molecule has 0 heterocycles. The predicted molar refractivity (Wildman–Crippen MR) is 78.2 cm³/mol. The molecule has 1 rings (SSSR count). The van der Waals surface area contributed by atoms with Crippen LogP contribution in [0, 0.1) is 11.8 Å². The van der Waals surface area contributed by atoms with Crippen LogP contribution >= 0.6 is 11.8 Å². The highest BCUT2D eigenvalue weighted by molar-refractivity contribution is 7.99. The first-order chi connectivity index (χ1) is 8.56. The van der Waals surface area contributed by atoms with Gasteiger partial charge in [0.25, 0.3) is 0 Å². The van der Waals surface area contributed by atoms with Crippen LogP contribution in [0.2, 0.25) is 0 Å². The van der Waals surface area contributed by atoms with E-state index >= 15 is 0 Å². The molecule has 106 valence electrons. The summed E-state index contributed by atoms with van der Waals surface area (Å²) in [4.78, 5) is 11.5. The highest BCUT2D eigenvalue weighted by atomic mass is 32.2. The standard InChI is InChI=1S/C14H27NO2S/c1-4-11(2)10-18-9-7-12-6-5-8-14(12,15-3)13(16)17/h11-12,15H,4-10H2,1-3H3,(H,16,17). The molecule has 4 heteroatoms. The molecular formula is C14H27NO2S. The maximum Gasteiger partial charge on any atom is 0.324 e. The molecule has 0 spiro atoms. The Labute approximate surface area is 115 Å². The maximum atomic E-state index is 11.5. The van der Waals surface area contributed by atoms with Crippen molar-refractivity contribution in [3.63, 3.8) is 0 Å². The summed E-state index contributed by atoms with van der Waals surface area (Å²) >= 11 is 1.98. The molecule has 3 nitrogen and oxygen atoms in total. The average molecular weight is 273 g/mol. The van der Waals surface area contributed by atoms with Gasteiger partial charge in [-0.15, -0.1) is 0 Å². The van der Waals surface area contributed by atoms with Crippen LogP contribution in [0.25, 0.3) is 0 Å². The Balaban J connectivity index is 2.39. The summed E-state index contributed by atoms with van der Waals surface area (Å²) < 4.78 is 0. The van der Waals surface area contributed by atoms with Gasteiger partial charge in [0, 0.05) is 0 Å². The Bertz CT molecular complexity index is 273. The van der Waals surface area contributed by atoms with E-state index in [-0.39, 0.29) is 0 Å². The molecular weight excluding hydrogens is 246 g/mol.